The third-order valence-corrected chi connectivity index (χ3v) is 1.97. The Morgan fingerprint density at radius 2 is 1.87 bits per heavy atom. The van der Waals surface area contributed by atoms with E-state index in [4.69, 9.17) is 11.1 Å². The molecular weight excluding hydrogens is 188 g/mol. The lowest BCUT2D eigenvalue weighted by atomic mass is 10.1. The predicted octanol–water partition coefficient (Wildman–Crippen LogP) is 1.43. The van der Waals surface area contributed by atoms with Crippen molar-refractivity contribution in [3.8, 4) is 11.3 Å². The van der Waals surface area contributed by atoms with Crippen molar-refractivity contribution in [1.82, 2.24) is 9.97 Å². The highest BCUT2D eigenvalue weighted by Gasteiger charge is 2.03. The van der Waals surface area contributed by atoms with Crippen LogP contribution < -0.4 is 5.73 Å². The minimum Gasteiger partial charge on any atom is -0.381 e. The fraction of sp³-hybridized carbons (Fsp3) is 0. The molecule has 0 amide bonds. The molecule has 0 aliphatic rings. The smallest absolute Gasteiger partial charge is 0.195 e. The first-order valence-corrected chi connectivity index (χ1v) is 4.50. The normalized spacial score (nSPS) is 9.87. The SMILES string of the molecule is N=C(N)c1nccc(-c2ccccc2)n1. The summed E-state index contributed by atoms with van der Waals surface area (Å²) in [6, 6.07) is 11.5. The molecule has 1 heterocycles. The van der Waals surface area contributed by atoms with Crippen LogP contribution in [-0.4, -0.2) is 15.8 Å². The molecule has 0 bridgehead atoms. The molecule has 0 saturated heterocycles. The number of hydrogen-bond acceptors (Lipinski definition) is 3. The quantitative estimate of drug-likeness (QED) is 0.566. The zero-order valence-corrected chi connectivity index (χ0v) is 8.01. The highest BCUT2D eigenvalue weighted by Crippen LogP contribution is 2.14. The van der Waals surface area contributed by atoms with Crippen molar-refractivity contribution in [2.24, 2.45) is 5.73 Å². The van der Waals surface area contributed by atoms with E-state index in [1.54, 1.807) is 12.3 Å². The third kappa shape index (κ3) is 1.99. The topological polar surface area (TPSA) is 75.7 Å². The van der Waals surface area contributed by atoms with Crippen LogP contribution in [0.5, 0.6) is 0 Å². The summed E-state index contributed by atoms with van der Waals surface area (Å²) in [5, 5.41) is 7.25. The van der Waals surface area contributed by atoms with Gasteiger partial charge in [0.2, 0.25) is 0 Å². The highest BCUT2D eigenvalue weighted by molar-refractivity contribution is 5.91. The maximum atomic E-state index is 7.25. The van der Waals surface area contributed by atoms with Crippen molar-refractivity contribution in [2.75, 3.05) is 0 Å². The summed E-state index contributed by atoms with van der Waals surface area (Å²) in [5.41, 5.74) is 7.08. The molecule has 1 aromatic carbocycles. The van der Waals surface area contributed by atoms with Gasteiger partial charge >= 0.3 is 0 Å². The summed E-state index contributed by atoms with van der Waals surface area (Å²) >= 11 is 0. The Balaban J connectivity index is 2.46. The van der Waals surface area contributed by atoms with Gasteiger partial charge in [0.25, 0.3) is 0 Å². The molecule has 0 aliphatic heterocycles. The molecule has 0 aliphatic carbocycles. The molecule has 1 aromatic heterocycles. The van der Waals surface area contributed by atoms with Crippen LogP contribution in [-0.2, 0) is 0 Å². The Kier molecular flexibility index (Phi) is 2.41. The number of nitrogens with one attached hydrogen (secondary N) is 1. The first-order chi connectivity index (χ1) is 7.27. The van der Waals surface area contributed by atoms with Crippen LogP contribution in [0.4, 0.5) is 0 Å². The molecule has 0 saturated carbocycles. The Morgan fingerprint density at radius 1 is 1.13 bits per heavy atom. The van der Waals surface area contributed by atoms with Crippen molar-refractivity contribution in [1.29, 1.82) is 5.41 Å². The van der Waals surface area contributed by atoms with Gasteiger partial charge in [0.1, 0.15) is 0 Å². The van der Waals surface area contributed by atoms with Gasteiger partial charge in [-0.25, -0.2) is 9.97 Å². The minimum atomic E-state index is -0.118. The zero-order valence-electron chi connectivity index (χ0n) is 8.01. The van der Waals surface area contributed by atoms with Crippen LogP contribution in [0.1, 0.15) is 5.82 Å². The summed E-state index contributed by atoms with van der Waals surface area (Å²) in [6.07, 6.45) is 1.60. The number of nitrogens with two attached hydrogens (primary N) is 1. The molecule has 2 aromatic rings. The van der Waals surface area contributed by atoms with Crippen LogP contribution in [0.15, 0.2) is 42.6 Å². The number of nitrogen functional groups attached to an aromatic ring is 1. The predicted molar refractivity (Wildman–Crippen MR) is 58.5 cm³/mol. The summed E-state index contributed by atoms with van der Waals surface area (Å²) in [5.74, 6) is 0.143. The molecule has 4 heteroatoms. The lowest BCUT2D eigenvalue weighted by molar-refractivity contribution is 1.12. The lowest BCUT2D eigenvalue weighted by Crippen LogP contribution is -2.15. The van der Waals surface area contributed by atoms with E-state index < -0.39 is 0 Å². The monoisotopic (exact) mass is 198 g/mol. The number of amidine groups is 1. The fourth-order valence-electron chi connectivity index (χ4n) is 1.26. The Morgan fingerprint density at radius 3 is 2.53 bits per heavy atom. The van der Waals surface area contributed by atoms with Crippen molar-refractivity contribution >= 4 is 5.84 Å². The zero-order chi connectivity index (χ0) is 10.7. The number of benzene rings is 1. The van der Waals surface area contributed by atoms with Crippen LogP contribution in [0.25, 0.3) is 11.3 Å². The number of nitrogens with zero attached hydrogens (tertiary/aromatic N) is 2. The summed E-state index contributed by atoms with van der Waals surface area (Å²) < 4.78 is 0. The largest absolute Gasteiger partial charge is 0.381 e. The Bertz CT molecular complexity index is 479. The lowest BCUT2D eigenvalue weighted by Gasteiger charge is -2.01. The van der Waals surface area contributed by atoms with Gasteiger partial charge in [-0.1, -0.05) is 30.3 Å². The number of rotatable bonds is 2. The van der Waals surface area contributed by atoms with E-state index in [1.807, 2.05) is 30.3 Å². The maximum absolute atomic E-state index is 7.25. The number of aromatic nitrogens is 2. The van der Waals surface area contributed by atoms with Gasteiger partial charge in [-0.05, 0) is 6.07 Å². The minimum absolute atomic E-state index is 0.118. The molecule has 0 fully saturated rings. The average molecular weight is 198 g/mol. The number of hydrogen-bond donors (Lipinski definition) is 2. The van der Waals surface area contributed by atoms with Crippen LogP contribution in [0.3, 0.4) is 0 Å². The van der Waals surface area contributed by atoms with Gasteiger partial charge < -0.3 is 5.73 Å². The first kappa shape index (κ1) is 9.33. The van der Waals surface area contributed by atoms with Gasteiger partial charge in [0.15, 0.2) is 11.7 Å². The Labute approximate surface area is 87.3 Å². The van der Waals surface area contributed by atoms with Crippen LogP contribution in [0.2, 0.25) is 0 Å². The van der Waals surface area contributed by atoms with Gasteiger partial charge in [-0.3, -0.25) is 5.41 Å². The third-order valence-electron chi connectivity index (χ3n) is 1.97. The van der Waals surface area contributed by atoms with E-state index in [9.17, 15) is 0 Å². The summed E-state index contributed by atoms with van der Waals surface area (Å²) in [7, 11) is 0. The second kappa shape index (κ2) is 3.88. The molecule has 0 radical (unpaired) electrons. The molecule has 3 N–H and O–H groups in total. The van der Waals surface area contributed by atoms with Crippen molar-refractivity contribution in [3.63, 3.8) is 0 Å². The van der Waals surface area contributed by atoms with Crippen LogP contribution in [0, 0.1) is 5.41 Å². The molecule has 15 heavy (non-hydrogen) atoms. The fourth-order valence-corrected chi connectivity index (χ4v) is 1.26. The van der Waals surface area contributed by atoms with E-state index in [2.05, 4.69) is 9.97 Å². The molecule has 4 nitrogen and oxygen atoms in total. The second-order valence-corrected chi connectivity index (χ2v) is 3.05. The Hall–Kier alpha value is -2.23. The summed E-state index contributed by atoms with van der Waals surface area (Å²) in [6.45, 7) is 0. The molecule has 0 atom stereocenters. The van der Waals surface area contributed by atoms with Crippen LogP contribution >= 0.6 is 0 Å². The standard InChI is InChI=1S/C11H10N4/c12-10(13)11-14-7-6-9(15-11)8-4-2-1-3-5-8/h1-7H,(H3,12,13). The van der Waals surface area contributed by atoms with Gasteiger partial charge in [0, 0.05) is 11.8 Å². The second-order valence-electron chi connectivity index (χ2n) is 3.05. The van der Waals surface area contributed by atoms with E-state index in [-0.39, 0.29) is 11.7 Å². The van der Waals surface area contributed by atoms with Gasteiger partial charge in [-0.2, -0.15) is 0 Å². The van der Waals surface area contributed by atoms with Crippen molar-refractivity contribution in [3.05, 3.63) is 48.4 Å². The van der Waals surface area contributed by atoms with Crippen molar-refractivity contribution in [2.45, 2.75) is 0 Å². The van der Waals surface area contributed by atoms with E-state index in [1.165, 1.54) is 0 Å². The average Bonchev–Trinajstić information content (AvgIpc) is 2.30. The molecule has 2 rings (SSSR count). The van der Waals surface area contributed by atoms with E-state index >= 15 is 0 Å². The molecule has 0 spiro atoms. The van der Waals surface area contributed by atoms with Gasteiger partial charge in [0.05, 0.1) is 5.69 Å². The maximum Gasteiger partial charge on any atom is 0.195 e. The van der Waals surface area contributed by atoms with Crippen molar-refractivity contribution < 1.29 is 0 Å². The van der Waals surface area contributed by atoms with Gasteiger partial charge in [-0.15, -0.1) is 0 Å². The first-order valence-electron chi connectivity index (χ1n) is 4.50. The molecule has 74 valence electrons. The van der Waals surface area contributed by atoms with E-state index in [0.29, 0.717) is 0 Å². The highest BCUT2D eigenvalue weighted by atomic mass is 14.9. The molecule has 0 unspecified atom stereocenters. The summed E-state index contributed by atoms with van der Waals surface area (Å²) in [4.78, 5) is 8.09. The molecular formula is C11H10N4. The van der Waals surface area contributed by atoms with E-state index in [0.717, 1.165) is 11.3 Å².